The lowest BCUT2D eigenvalue weighted by molar-refractivity contribution is 0.504. The van der Waals surface area contributed by atoms with Gasteiger partial charge in [0, 0.05) is 13.0 Å². The minimum Gasteiger partial charge on any atom is -0.300 e. The van der Waals surface area contributed by atoms with E-state index in [9.17, 15) is 12.3 Å². The highest BCUT2D eigenvalue weighted by Crippen LogP contribution is 2.15. The summed E-state index contributed by atoms with van der Waals surface area (Å²) in [6.07, 6.45) is 2.18. The summed E-state index contributed by atoms with van der Waals surface area (Å²) in [5.41, 5.74) is 0. The van der Waals surface area contributed by atoms with Crippen molar-refractivity contribution in [3.8, 4) is 0 Å². The fourth-order valence-electron chi connectivity index (χ4n) is 1.55. The molecule has 0 aliphatic carbocycles. The summed E-state index contributed by atoms with van der Waals surface area (Å²) in [7, 11) is -4.78. The summed E-state index contributed by atoms with van der Waals surface area (Å²) in [5, 5.41) is 6.63. The first kappa shape index (κ1) is 14.1. The van der Waals surface area contributed by atoms with E-state index >= 15 is 0 Å². The lowest BCUT2D eigenvalue weighted by Crippen LogP contribution is -2.10. The van der Waals surface area contributed by atoms with Gasteiger partial charge in [0.1, 0.15) is 5.82 Å². The highest BCUT2D eigenvalue weighted by Gasteiger charge is 2.23. The van der Waals surface area contributed by atoms with E-state index in [1.807, 2.05) is 6.92 Å². The first-order valence-electron chi connectivity index (χ1n) is 5.73. The molecule has 0 fully saturated rings. The Bertz CT molecular complexity index is 468. The van der Waals surface area contributed by atoms with Crippen LogP contribution in [0.4, 0.5) is 3.89 Å². The number of aromatic nitrogens is 3. The standard InChI is InChI=1S/C10H18FN3O2S/c1-4-7-14-9(6-5-8(2)3)12-13-10(14)17(11,15)16/h8H,4-7H2,1-3H3. The van der Waals surface area contributed by atoms with Gasteiger partial charge in [-0.2, -0.15) is 8.42 Å². The molecule has 1 rings (SSSR count). The van der Waals surface area contributed by atoms with Crippen molar-refractivity contribution >= 4 is 10.2 Å². The molecule has 0 amide bonds. The van der Waals surface area contributed by atoms with Crippen molar-refractivity contribution < 1.29 is 12.3 Å². The molecule has 98 valence electrons. The largest absolute Gasteiger partial charge is 0.368 e. The van der Waals surface area contributed by atoms with Crippen molar-refractivity contribution in [1.29, 1.82) is 0 Å². The van der Waals surface area contributed by atoms with Gasteiger partial charge in [-0.25, -0.2) is 0 Å². The monoisotopic (exact) mass is 263 g/mol. The van der Waals surface area contributed by atoms with E-state index in [1.165, 1.54) is 4.57 Å². The third-order valence-corrected chi connectivity index (χ3v) is 3.14. The van der Waals surface area contributed by atoms with E-state index in [0.717, 1.165) is 6.42 Å². The molecule has 0 aliphatic heterocycles. The Labute approximate surface area is 101 Å². The van der Waals surface area contributed by atoms with E-state index in [-0.39, 0.29) is 0 Å². The van der Waals surface area contributed by atoms with E-state index in [2.05, 4.69) is 24.0 Å². The van der Waals surface area contributed by atoms with Crippen molar-refractivity contribution in [3.05, 3.63) is 5.82 Å². The number of nitrogens with zero attached hydrogens (tertiary/aromatic N) is 3. The summed E-state index contributed by atoms with van der Waals surface area (Å²) < 4.78 is 36.1. The Morgan fingerprint density at radius 1 is 1.35 bits per heavy atom. The molecular weight excluding hydrogens is 245 g/mol. The van der Waals surface area contributed by atoms with E-state index in [0.29, 0.717) is 31.1 Å². The Kier molecular flexibility index (Phi) is 4.62. The second-order valence-corrected chi connectivity index (χ2v) is 5.66. The molecule has 0 radical (unpaired) electrons. The van der Waals surface area contributed by atoms with Crippen LogP contribution in [0.3, 0.4) is 0 Å². The SMILES string of the molecule is CCCn1c(CCC(C)C)nnc1S(=O)(=O)F. The molecule has 0 aliphatic rings. The zero-order valence-corrected chi connectivity index (χ0v) is 11.2. The van der Waals surface area contributed by atoms with Gasteiger partial charge in [-0.1, -0.05) is 24.7 Å². The second kappa shape index (κ2) is 5.57. The average Bonchev–Trinajstić information content (AvgIpc) is 2.58. The van der Waals surface area contributed by atoms with E-state index < -0.39 is 15.4 Å². The predicted octanol–water partition coefficient (Wildman–Crippen LogP) is 1.93. The summed E-state index contributed by atoms with van der Waals surface area (Å²) in [4.78, 5) is 0. The van der Waals surface area contributed by atoms with Crippen LogP contribution in [0.1, 0.15) is 39.4 Å². The number of halogens is 1. The molecule has 1 aromatic heterocycles. The molecule has 0 saturated heterocycles. The second-order valence-electron chi connectivity index (χ2n) is 4.42. The maximum atomic E-state index is 13.0. The maximum Gasteiger partial charge on any atom is 0.368 e. The van der Waals surface area contributed by atoms with Crippen LogP contribution in [0.2, 0.25) is 0 Å². The van der Waals surface area contributed by atoms with Crippen LogP contribution in [0.5, 0.6) is 0 Å². The fraction of sp³-hybridized carbons (Fsp3) is 0.800. The topological polar surface area (TPSA) is 64.8 Å². The van der Waals surface area contributed by atoms with Gasteiger partial charge in [0.05, 0.1) is 0 Å². The Hall–Kier alpha value is -0.980. The van der Waals surface area contributed by atoms with Crippen molar-refractivity contribution in [1.82, 2.24) is 14.8 Å². The number of hydrogen-bond donors (Lipinski definition) is 0. The normalized spacial score (nSPS) is 12.3. The Balaban J connectivity index is 3.02. The van der Waals surface area contributed by atoms with Gasteiger partial charge in [0.2, 0.25) is 0 Å². The third kappa shape index (κ3) is 3.76. The summed E-state index contributed by atoms with van der Waals surface area (Å²) in [6, 6.07) is 0. The number of hydrogen-bond acceptors (Lipinski definition) is 4. The molecule has 0 bridgehead atoms. The lowest BCUT2D eigenvalue weighted by atomic mass is 10.1. The molecule has 0 unspecified atom stereocenters. The molecule has 17 heavy (non-hydrogen) atoms. The van der Waals surface area contributed by atoms with Gasteiger partial charge in [-0.3, -0.25) is 4.57 Å². The van der Waals surface area contributed by atoms with Crippen molar-refractivity contribution in [2.45, 2.75) is 51.7 Å². The van der Waals surface area contributed by atoms with E-state index in [1.54, 1.807) is 0 Å². The minimum absolute atomic E-state index is 0.416. The van der Waals surface area contributed by atoms with E-state index in [4.69, 9.17) is 0 Å². The van der Waals surface area contributed by atoms with Crippen molar-refractivity contribution in [2.24, 2.45) is 5.92 Å². The molecule has 1 aromatic rings. The summed E-state index contributed by atoms with van der Waals surface area (Å²) in [6.45, 7) is 6.43. The Morgan fingerprint density at radius 3 is 2.47 bits per heavy atom. The quantitative estimate of drug-likeness (QED) is 0.736. The first-order valence-corrected chi connectivity index (χ1v) is 7.11. The molecule has 1 heterocycles. The van der Waals surface area contributed by atoms with Crippen LogP contribution in [-0.2, 0) is 23.2 Å². The van der Waals surface area contributed by atoms with Gasteiger partial charge in [0.25, 0.3) is 5.16 Å². The molecule has 7 heteroatoms. The van der Waals surface area contributed by atoms with Crippen LogP contribution < -0.4 is 0 Å². The van der Waals surface area contributed by atoms with Gasteiger partial charge in [0.15, 0.2) is 0 Å². The minimum atomic E-state index is -4.78. The summed E-state index contributed by atoms with van der Waals surface area (Å²) >= 11 is 0. The smallest absolute Gasteiger partial charge is 0.300 e. The molecule has 0 spiro atoms. The van der Waals surface area contributed by atoms with Crippen LogP contribution in [0.15, 0.2) is 5.16 Å². The van der Waals surface area contributed by atoms with Crippen molar-refractivity contribution in [3.63, 3.8) is 0 Å². The average molecular weight is 263 g/mol. The van der Waals surface area contributed by atoms with Crippen LogP contribution in [-0.4, -0.2) is 23.2 Å². The highest BCUT2D eigenvalue weighted by molar-refractivity contribution is 7.86. The van der Waals surface area contributed by atoms with Gasteiger partial charge in [-0.15, -0.1) is 10.2 Å². The first-order chi connectivity index (χ1) is 7.86. The molecule has 0 N–H and O–H groups in total. The number of aryl methyl sites for hydroxylation is 1. The lowest BCUT2D eigenvalue weighted by Gasteiger charge is -2.07. The highest BCUT2D eigenvalue weighted by atomic mass is 32.3. The molecule has 0 saturated carbocycles. The molecule has 0 aromatic carbocycles. The number of rotatable bonds is 6. The predicted molar refractivity (Wildman–Crippen MR) is 61.8 cm³/mol. The molecule has 5 nitrogen and oxygen atoms in total. The Morgan fingerprint density at radius 2 is 2.00 bits per heavy atom. The zero-order chi connectivity index (χ0) is 13.1. The van der Waals surface area contributed by atoms with Gasteiger partial charge in [-0.05, 0) is 18.8 Å². The van der Waals surface area contributed by atoms with Gasteiger partial charge < -0.3 is 0 Å². The molecular formula is C10H18FN3O2S. The van der Waals surface area contributed by atoms with Crippen LogP contribution in [0.25, 0.3) is 0 Å². The van der Waals surface area contributed by atoms with Crippen LogP contribution in [0, 0.1) is 5.92 Å². The zero-order valence-electron chi connectivity index (χ0n) is 10.4. The van der Waals surface area contributed by atoms with Crippen molar-refractivity contribution in [2.75, 3.05) is 0 Å². The maximum absolute atomic E-state index is 13.0. The van der Waals surface area contributed by atoms with Gasteiger partial charge >= 0.3 is 10.2 Å². The third-order valence-electron chi connectivity index (χ3n) is 2.40. The fourth-order valence-corrected chi connectivity index (χ4v) is 2.15. The summed E-state index contributed by atoms with van der Waals surface area (Å²) in [5.74, 6) is 1.02. The van der Waals surface area contributed by atoms with Crippen LogP contribution >= 0.6 is 0 Å². The molecule has 0 atom stereocenters.